The molecule has 1 N–H and O–H groups in total. The van der Waals surface area contributed by atoms with E-state index in [2.05, 4.69) is 4.98 Å². The maximum Gasteiger partial charge on any atom is 0.125 e. The van der Waals surface area contributed by atoms with Crippen molar-refractivity contribution in [3.63, 3.8) is 0 Å². The number of aromatic nitrogens is 1. The molecule has 0 atom stereocenters. The Balaban J connectivity index is 3.20. The van der Waals surface area contributed by atoms with Crippen molar-refractivity contribution in [3.8, 4) is 0 Å². The average molecular weight is 146 g/mol. The van der Waals surface area contributed by atoms with Gasteiger partial charge in [0.2, 0.25) is 0 Å². The lowest BCUT2D eigenvalue weighted by molar-refractivity contribution is 0.463. The van der Waals surface area contributed by atoms with E-state index in [0.717, 1.165) is 6.20 Å². The molecule has 0 radical (unpaired) electrons. The van der Waals surface area contributed by atoms with Crippen molar-refractivity contribution < 1.29 is 13.0 Å². The van der Waals surface area contributed by atoms with Crippen LogP contribution in [0.25, 0.3) is 0 Å². The summed E-state index contributed by atoms with van der Waals surface area (Å²) in [5, 5.41) is 0. The highest BCUT2D eigenvalue weighted by Crippen LogP contribution is 2.03. The zero-order chi connectivity index (χ0) is 6.91. The molecule has 4 nitrogen and oxygen atoms in total. The number of hydrogen-bond donors (Lipinski definition) is 1. The Bertz CT molecular complexity index is 273. The summed E-state index contributed by atoms with van der Waals surface area (Å²) in [4.78, 5) is 2.24. The van der Waals surface area contributed by atoms with Crippen LogP contribution in [-0.2, 0) is 10.1 Å². The molecule has 0 bridgehead atoms. The zero-order valence-electron chi connectivity index (χ0n) is 4.37. The topological polar surface area (TPSA) is 73.0 Å². The quantitative estimate of drug-likeness (QED) is 0.563. The average Bonchev–Trinajstić information content (AvgIpc) is 2.08. The number of aromatic amines is 1. The molecule has 0 saturated carbocycles. The van der Waals surface area contributed by atoms with Crippen LogP contribution in [0.1, 0.15) is 0 Å². The Kier molecular flexibility index (Phi) is 1.30. The second-order valence-corrected chi connectivity index (χ2v) is 2.88. The Hall–Kier alpha value is -0.810. The Labute approximate surface area is 52.3 Å². The highest BCUT2D eigenvalue weighted by atomic mass is 32.2. The lowest BCUT2D eigenvalue weighted by Gasteiger charge is -2.00. The second kappa shape index (κ2) is 1.85. The molecule has 0 saturated heterocycles. The van der Waals surface area contributed by atoms with Gasteiger partial charge in [0.25, 0.3) is 0 Å². The van der Waals surface area contributed by atoms with Crippen LogP contribution in [0.2, 0.25) is 0 Å². The molecule has 5 heteroatoms. The molecule has 1 aromatic rings. The van der Waals surface area contributed by atoms with Crippen LogP contribution in [0.15, 0.2) is 23.4 Å². The molecule has 1 heterocycles. The van der Waals surface area contributed by atoms with Crippen molar-refractivity contribution in [2.45, 2.75) is 4.90 Å². The van der Waals surface area contributed by atoms with Crippen LogP contribution in [0.3, 0.4) is 0 Å². The second-order valence-electron chi connectivity index (χ2n) is 1.50. The van der Waals surface area contributed by atoms with E-state index in [1.54, 1.807) is 0 Å². The molecule has 9 heavy (non-hydrogen) atoms. The maximum absolute atomic E-state index is 10.1. The lowest BCUT2D eigenvalue weighted by Crippen LogP contribution is -1.95. The third kappa shape index (κ3) is 1.30. The Morgan fingerprint density at radius 2 is 2.22 bits per heavy atom. The van der Waals surface area contributed by atoms with Crippen molar-refractivity contribution in [1.82, 2.24) is 4.98 Å². The van der Waals surface area contributed by atoms with Gasteiger partial charge in [0.15, 0.2) is 0 Å². The first-order valence-corrected chi connectivity index (χ1v) is 3.60. The van der Waals surface area contributed by atoms with Gasteiger partial charge in [0.05, 0.1) is 4.90 Å². The molecule has 0 aromatic carbocycles. The number of hydrogen-bond acceptors (Lipinski definition) is 3. The minimum Gasteiger partial charge on any atom is -0.744 e. The maximum atomic E-state index is 10.1. The monoisotopic (exact) mass is 146 g/mol. The van der Waals surface area contributed by atoms with E-state index in [1.807, 2.05) is 0 Å². The smallest absolute Gasteiger partial charge is 0.125 e. The molecular weight excluding hydrogens is 142 g/mol. The molecule has 0 unspecified atom stereocenters. The van der Waals surface area contributed by atoms with Gasteiger partial charge in [0.1, 0.15) is 10.1 Å². The number of rotatable bonds is 1. The van der Waals surface area contributed by atoms with E-state index in [0.29, 0.717) is 0 Å². The van der Waals surface area contributed by atoms with Gasteiger partial charge in [-0.2, -0.15) is 0 Å². The minimum absolute atomic E-state index is 0.220. The van der Waals surface area contributed by atoms with Crippen molar-refractivity contribution in [2.75, 3.05) is 0 Å². The van der Waals surface area contributed by atoms with Gasteiger partial charge in [0, 0.05) is 12.4 Å². The summed E-state index contributed by atoms with van der Waals surface area (Å²) in [6.07, 6.45) is 2.52. The number of nitrogens with one attached hydrogen (secondary N) is 1. The lowest BCUT2D eigenvalue weighted by atomic mass is 10.7. The zero-order valence-corrected chi connectivity index (χ0v) is 5.18. The van der Waals surface area contributed by atoms with E-state index in [4.69, 9.17) is 0 Å². The van der Waals surface area contributed by atoms with Gasteiger partial charge >= 0.3 is 0 Å². The summed E-state index contributed by atoms with van der Waals surface area (Å²) in [6.45, 7) is 0. The van der Waals surface area contributed by atoms with E-state index in [1.165, 1.54) is 12.3 Å². The minimum atomic E-state index is -4.24. The predicted octanol–water partition coefficient (Wildman–Crippen LogP) is -0.0812. The van der Waals surface area contributed by atoms with Gasteiger partial charge in [-0.25, -0.2) is 8.42 Å². The van der Waals surface area contributed by atoms with Crippen molar-refractivity contribution in [1.29, 1.82) is 0 Å². The molecule has 0 aliphatic rings. The van der Waals surface area contributed by atoms with Crippen LogP contribution in [0, 0.1) is 0 Å². The van der Waals surface area contributed by atoms with Gasteiger partial charge in [-0.1, -0.05) is 0 Å². The summed E-state index contributed by atoms with van der Waals surface area (Å²) in [7, 11) is -4.24. The molecule has 0 aliphatic carbocycles. The highest BCUT2D eigenvalue weighted by molar-refractivity contribution is 7.85. The van der Waals surface area contributed by atoms with E-state index < -0.39 is 10.1 Å². The van der Waals surface area contributed by atoms with Gasteiger partial charge in [-0.3, -0.25) is 0 Å². The van der Waals surface area contributed by atoms with Crippen LogP contribution < -0.4 is 0 Å². The number of H-pyrrole nitrogens is 1. The fourth-order valence-corrected chi connectivity index (χ4v) is 0.911. The SMILES string of the molecule is O=S(=O)([O-])c1cc[nH]c1. The fourth-order valence-electron chi connectivity index (χ4n) is 0.464. The van der Waals surface area contributed by atoms with E-state index in [-0.39, 0.29) is 4.90 Å². The van der Waals surface area contributed by atoms with E-state index >= 15 is 0 Å². The first kappa shape index (κ1) is 6.31. The van der Waals surface area contributed by atoms with Crippen LogP contribution in [-0.4, -0.2) is 18.0 Å². The van der Waals surface area contributed by atoms with Gasteiger partial charge in [-0.05, 0) is 6.07 Å². The molecule has 50 valence electrons. The summed E-state index contributed by atoms with van der Waals surface area (Å²) in [5.41, 5.74) is 0. The molecule has 1 rings (SSSR count). The summed E-state index contributed by atoms with van der Waals surface area (Å²) >= 11 is 0. The molecule has 0 aliphatic heterocycles. The third-order valence-electron chi connectivity index (χ3n) is 0.858. The van der Waals surface area contributed by atoms with Crippen molar-refractivity contribution >= 4 is 10.1 Å². The summed E-state index contributed by atoms with van der Waals surface area (Å²) in [5.74, 6) is 0. The van der Waals surface area contributed by atoms with Crippen molar-refractivity contribution in [3.05, 3.63) is 18.5 Å². The molecular formula is C4H4NO3S-. The van der Waals surface area contributed by atoms with Crippen LogP contribution in [0.4, 0.5) is 0 Å². The standard InChI is InChI=1S/C4H5NO3S/c6-9(7,8)4-1-2-5-3-4/h1-3,5H,(H,6,7,8)/p-1. The normalized spacial score (nSPS) is 11.7. The third-order valence-corrected chi connectivity index (χ3v) is 1.69. The predicted molar refractivity (Wildman–Crippen MR) is 28.8 cm³/mol. The van der Waals surface area contributed by atoms with Gasteiger partial charge < -0.3 is 9.54 Å². The summed E-state index contributed by atoms with van der Waals surface area (Å²) < 4.78 is 30.4. The summed E-state index contributed by atoms with van der Waals surface area (Å²) in [6, 6.07) is 1.21. The Morgan fingerprint density at radius 3 is 2.44 bits per heavy atom. The largest absolute Gasteiger partial charge is 0.744 e. The first-order chi connectivity index (χ1) is 4.11. The first-order valence-electron chi connectivity index (χ1n) is 2.19. The molecule has 1 aromatic heterocycles. The fraction of sp³-hybridized carbons (Fsp3) is 0. The van der Waals surface area contributed by atoms with Gasteiger partial charge in [-0.15, -0.1) is 0 Å². The van der Waals surface area contributed by atoms with Crippen molar-refractivity contribution in [2.24, 2.45) is 0 Å². The molecule has 0 amide bonds. The van der Waals surface area contributed by atoms with Crippen LogP contribution in [0.5, 0.6) is 0 Å². The Morgan fingerprint density at radius 1 is 1.56 bits per heavy atom. The molecule has 0 fully saturated rings. The van der Waals surface area contributed by atoms with E-state index in [9.17, 15) is 13.0 Å². The van der Waals surface area contributed by atoms with Crippen LogP contribution >= 0.6 is 0 Å². The highest BCUT2D eigenvalue weighted by Gasteiger charge is 1.97. The molecule has 0 spiro atoms.